The molecule has 0 aliphatic rings. The molecule has 0 saturated carbocycles. The monoisotopic (exact) mass is 355 g/mol. The van der Waals surface area contributed by atoms with Gasteiger partial charge in [-0.3, -0.25) is 4.99 Å². The van der Waals surface area contributed by atoms with Crippen LogP contribution in [0.25, 0.3) is 0 Å². The Kier molecular flexibility index (Phi) is 11.3. The molecule has 0 aliphatic carbocycles. The van der Waals surface area contributed by atoms with Crippen molar-refractivity contribution in [2.24, 2.45) is 22.1 Å². The summed E-state index contributed by atoms with van der Waals surface area (Å²) < 4.78 is 0. The highest BCUT2D eigenvalue weighted by Crippen LogP contribution is 2.25. The molecule has 0 aromatic carbocycles. The molecule has 0 heterocycles. The van der Waals surface area contributed by atoms with Crippen LogP contribution in [-0.4, -0.2) is 19.0 Å². The number of aliphatic imine (C=N–C) groups is 1. The summed E-state index contributed by atoms with van der Waals surface area (Å²) >= 11 is 0. The Hall–Kier alpha value is 0. The summed E-state index contributed by atoms with van der Waals surface area (Å²) in [7, 11) is 0. The summed E-state index contributed by atoms with van der Waals surface area (Å²) in [6, 6.07) is 0. The van der Waals surface area contributed by atoms with E-state index in [-0.39, 0.29) is 29.4 Å². The summed E-state index contributed by atoms with van der Waals surface area (Å²) in [4.78, 5) is 4.40. The highest BCUT2D eigenvalue weighted by Gasteiger charge is 2.18. The second kappa shape index (κ2) is 9.97. The van der Waals surface area contributed by atoms with E-state index in [9.17, 15) is 0 Å². The number of hydrogen-bond acceptors (Lipinski definition) is 1. The van der Waals surface area contributed by atoms with Gasteiger partial charge < -0.3 is 11.1 Å². The first-order valence-electron chi connectivity index (χ1n) is 6.41. The molecule has 17 heavy (non-hydrogen) atoms. The Morgan fingerprint density at radius 1 is 1.35 bits per heavy atom. The lowest BCUT2D eigenvalue weighted by atomic mass is 9.84. The number of nitrogens with one attached hydrogen (secondary N) is 1. The normalized spacial score (nSPS) is 12.5. The van der Waals surface area contributed by atoms with Gasteiger partial charge in [-0.15, -0.1) is 24.0 Å². The van der Waals surface area contributed by atoms with Crippen molar-refractivity contribution in [3.05, 3.63) is 0 Å². The molecule has 0 atom stereocenters. The lowest BCUT2D eigenvalue weighted by Gasteiger charge is -2.24. The van der Waals surface area contributed by atoms with Gasteiger partial charge in [0.05, 0.1) is 0 Å². The van der Waals surface area contributed by atoms with Gasteiger partial charge in [-0.1, -0.05) is 41.0 Å². The van der Waals surface area contributed by atoms with Gasteiger partial charge in [0.25, 0.3) is 0 Å². The van der Waals surface area contributed by atoms with Crippen LogP contribution in [0.1, 0.15) is 53.9 Å². The molecule has 3 N–H and O–H groups in total. The maximum Gasteiger partial charge on any atom is 0.188 e. The van der Waals surface area contributed by atoms with E-state index >= 15 is 0 Å². The third-order valence-electron chi connectivity index (χ3n) is 2.47. The van der Waals surface area contributed by atoms with Crippen molar-refractivity contribution in [1.29, 1.82) is 0 Å². The molecule has 3 nitrogen and oxygen atoms in total. The average Bonchev–Trinajstić information content (AvgIpc) is 2.13. The van der Waals surface area contributed by atoms with Gasteiger partial charge in [0.1, 0.15) is 0 Å². The zero-order chi connectivity index (χ0) is 12.6. The molecule has 0 aromatic heterocycles. The van der Waals surface area contributed by atoms with Crippen LogP contribution in [0.5, 0.6) is 0 Å². The smallest absolute Gasteiger partial charge is 0.188 e. The fourth-order valence-corrected chi connectivity index (χ4v) is 1.92. The van der Waals surface area contributed by atoms with Gasteiger partial charge in [-0.2, -0.15) is 0 Å². The number of unbranched alkanes of at least 4 members (excludes halogenated alkanes) is 1. The van der Waals surface area contributed by atoms with Crippen LogP contribution in [-0.2, 0) is 0 Å². The molecular weight excluding hydrogens is 325 g/mol. The average molecular weight is 355 g/mol. The van der Waals surface area contributed by atoms with Crippen LogP contribution < -0.4 is 11.1 Å². The van der Waals surface area contributed by atoms with E-state index in [1.54, 1.807) is 0 Å². The quantitative estimate of drug-likeness (QED) is 0.318. The molecule has 0 saturated heterocycles. The van der Waals surface area contributed by atoms with Crippen LogP contribution >= 0.6 is 24.0 Å². The fraction of sp³-hybridized carbons (Fsp3) is 0.923. The molecule has 0 rings (SSSR count). The highest BCUT2D eigenvalue weighted by atomic mass is 127. The van der Waals surface area contributed by atoms with E-state index in [0.717, 1.165) is 19.5 Å². The van der Waals surface area contributed by atoms with Crippen molar-refractivity contribution in [1.82, 2.24) is 5.32 Å². The molecule has 0 fully saturated rings. The van der Waals surface area contributed by atoms with Crippen molar-refractivity contribution >= 4 is 29.9 Å². The van der Waals surface area contributed by atoms with Gasteiger partial charge in [0.2, 0.25) is 0 Å². The minimum absolute atomic E-state index is 0. The van der Waals surface area contributed by atoms with Crippen LogP contribution in [0.3, 0.4) is 0 Å². The molecule has 4 heteroatoms. The summed E-state index contributed by atoms with van der Waals surface area (Å²) in [5.74, 6) is 1.30. The SMILES string of the molecule is CCCCNC(N)=NCC(C)(C)CC(C)C.I. The van der Waals surface area contributed by atoms with Crippen LogP contribution in [0.4, 0.5) is 0 Å². The van der Waals surface area contributed by atoms with Gasteiger partial charge in [-0.25, -0.2) is 0 Å². The predicted molar refractivity (Wildman–Crippen MR) is 88.1 cm³/mol. The minimum Gasteiger partial charge on any atom is -0.370 e. The summed E-state index contributed by atoms with van der Waals surface area (Å²) in [5, 5.41) is 3.14. The zero-order valence-electron chi connectivity index (χ0n) is 12.0. The van der Waals surface area contributed by atoms with Crippen molar-refractivity contribution in [2.45, 2.75) is 53.9 Å². The Morgan fingerprint density at radius 2 is 1.94 bits per heavy atom. The third-order valence-corrected chi connectivity index (χ3v) is 2.47. The zero-order valence-corrected chi connectivity index (χ0v) is 14.4. The first-order valence-corrected chi connectivity index (χ1v) is 6.41. The lowest BCUT2D eigenvalue weighted by Crippen LogP contribution is -2.33. The van der Waals surface area contributed by atoms with Crippen LogP contribution in [0.15, 0.2) is 4.99 Å². The van der Waals surface area contributed by atoms with Crippen molar-refractivity contribution in [2.75, 3.05) is 13.1 Å². The predicted octanol–water partition coefficient (Wildman–Crippen LogP) is 3.38. The van der Waals surface area contributed by atoms with E-state index in [0.29, 0.717) is 11.9 Å². The minimum atomic E-state index is 0. The van der Waals surface area contributed by atoms with Crippen LogP contribution in [0, 0.1) is 11.3 Å². The standard InChI is InChI=1S/C13H29N3.HI/c1-6-7-8-15-12(14)16-10-13(4,5)9-11(2)3;/h11H,6-10H2,1-5H3,(H3,14,15,16);1H. The second-order valence-corrected chi connectivity index (χ2v) is 5.74. The maximum atomic E-state index is 5.79. The third kappa shape index (κ3) is 12.2. The Morgan fingerprint density at radius 3 is 2.41 bits per heavy atom. The molecule has 0 bridgehead atoms. The van der Waals surface area contributed by atoms with Crippen molar-refractivity contribution < 1.29 is 0 Å². The lowest BCUT2D eigenvalue weighted by molar-refractivity contribution is 0.298. The largest absolute Gasteiger partial charge is 0.370 e. The number of rotatable bonds is 7. The first kappa shape index (κ1) is 19.3. The number of nitrogens with two attached hydrogens (primary N) is 1. The molecular formula is C13H30IN3. The second-order valence-electron chi connectivity index (χ2n) is 5.74. The summed E-state index contributed by atoms with van der Waals surface area (Å²) in [6.45, 7) is 12.9. The molecule has 0 spiro atoms. The number of halogens is 1. The van der Waals surface area contributed by atoms with E-state index in [1.807, 2.05) is 0 Å². The molecule has 0 unspecified atom stereocenters. The van der Waals surface area contributed by atoms with E-state index in [2.05, 4.69) is 44.9 Å². The molecule has 0 aromatic rings. The number of guanidine groups is 1. The Balaban J connectivity index is 0. The first-order chi connectivity index (χ1) is 7.37. The summed E-state index contributed by atoms with van der Waals surface area (Å²) in [5.41, 5.74) is 6.03. The number of nitrogens with zero attached hydrogens (tertiary/aromatic N) is 1. The summed E-state index contributed by atoms with van der Waals surface area (Å²) in [6.07, 6.45) is 3.50. The number of hydrogen-bond donors (Lipinski definition) is 2. The van der Waals surface area contributed by atoms with E-state index < -0.39 is 0 Å². The van der Waals surface area contributed by atoms with E-state index in [4.69, 9.17) is 5.73 Å². The Bertz CT molecular complexity index is 213. The fourth-order valence-electron chi connectivity index (χ4n) is 1.92. The van der Waals surface area contributed by atoms with Gasteiger partial charge >= 0.3 is 0 Å². The van der Waals surface area contributed by atoms with Crippen molar-refractivity contribution in [3.8, 4) is 0 Å². The highest BCUT2D eigenvalue weighted by molar-refractivity contribution is 14.0. The Labute approximate surface area is 124 Å². The molecule has 0 radical (unpaired) electrons. The topological polar surface area (TPSA) is 50.4 Å². The van der Waals surface area contributed by atoms with E-state index in [1.165, 1.54) is 12.8 Å². The van der Waals surface area contributed by atoms with Gasteiger partial charge in [0.15, 0.2) is 5.96 Å². The van der Waals surface area contributed by atoms with Crippen molar-refractivity contribution in [3.63, 3.8) is 0 Å². The molecule has 0 amide bonds. The maximum absolute atomic E-state index is 5.79. The van der Waals surface area contributed by atoms with Crippen LogP contribution in [0.2, 0.25) is 0 Å². The van der Waals surface area contributed by atoms with Gasteiger partial charge in [-0.05, 0) is 24.2 Å². The molecule has 0 aliphatic heterocycles. The van der Waals surface area contributed by atoms with Gasteiger partial charge in [0, 0.05) is 13.1 Å². The molecule has 104 valence electrons.